The van der Waals surface area contributed by atoms with Crippen LogP contribution >= 0.6 is 0 Å². The van der Waals surface area contributed by atoms with Crippen LogP contribution in [0, 0.1) is 6.92 Å². The Hall–Kier alpha value is -2.25. The topological polar surface area (TPSA) is 66.8 Å². The maximum atomic E-state index is 13.4. The van der Waals surface area contributed by atoms with Crippen LogP contribution in [0.4, 0.5) is 13.2 Å². The van der Waals surface area contributed by atoms with Gasteiger partial charge in [0.1, 0.15) is 5.75 Å². The SMILES string of the molecule is CCC(=O)N1CCC(c2cc(C)c(OCC(=O)O)c(C(F)(F)F)c2)CC1. The number of carboxylic acids is 1. The summed E-state index contributed by atoms with van der Waals surface area (Å²) >= 11 is 0. The zero-order chi connectivity index (χ0) is 19.5. The molecule has 0 saturated carbocycles. The van der Waals surface area contributed by atoms with Crippen molar-refractivity contribution in [3.05, 3.63) is 28.8 Å². The Labute approximate surface area is 149 Å². The van der Waals surface area contributed by atoms with Gasteiger partial charge in [0, 0.05) is 19.5 Å². The van der Waals surface area contributed by atoms with Gasteiger partial charge in [0.2, 0.25) is 5.91 Å². The molecule has 1 saturated heterocycles. The Kier molecular flexibility index (Phi) is 6.15. The van der Waals surface area contributed by atoms with Gasteiger partial charge in [0.05, 0.1) is 5.56 Å². The first-order valence-corrected chi connectivity index (χ1v) is 8.47. The molecule has 1 N–H and O–H groups in total. The van der Waals surface area contributed by atoms with Crippen molar-refractivity contribution in [3.8, 4) is 5.75 Å². The summed E-state index contributed by atoms with van der Waals surface area (Å²) in [6, 6.07) is 2.67. The molecule has 0 aromatic heterocycles. The van der Waals surface area contributed by atoms with Crippen LogP contribution in [0.25, 0.3) is 0 Å². The summed E-state index contributed by atoms with van der Waals surface area (Å²) < 4.78 is 45.2. The lowest BCUT2D eigenvalue weighted by Crippen LogP contribution is -2.37. The molecule has 1 fully saturated rings. The van der Waals surface area contributed by atoms with E-state index in [1.165, 1.54) is 6.92 Å². The maximum absolute atomic E-state index is 13.4. The number of ether oxygens (including phenoxy) is 1. The van der Waals surface area contributed by atoms with Gasteiger partial charge in [0.25, 0.3) is 0 Å². The quantitative estimate of drug-likeness (QED) is 0.857. The van der Waals surface area contributed by atoms with E-state index in [0.717, 1.165) is 6.07 Å². The Morgan fingerprint density at radius 3 is 2.38 bits per heavy atom. The molecule has 8 heteroatoms. The van der Waals surface area contributed by atoms with Gasteiger partial charge < -0.3 is 14.7 Å². The van der Waals surface area contributed by atoms with Crippen LogP contribution in [-0.4, -0.2) is 41.6 Å². The number of hydrogen-bond acceptors (Lipinski definition) is 3. The van der Waals surface area contributed by atoms with Crippen molar-refractivity contribution in [1.29, 1.82) is 0 Å². The minimum atomic E-state index is -4.65. The van der Waals surface area contributed by atoms with Crippen molar-refractivity contribution in [3.63, 3.8) is 0 Å². The highest BCUT2D eigenvalue weighted by Gasteiger charge is 2.37. The Morgan fingerprint density at radius 2 is 1.88 bits per heavy atom. The van der Waals surface area contributed by atoms with Crippen LogP contribution in [0.5, 0.6) is 5.75 Å². The summed E-state index contributed by atoms with van der Waals surface area (Å²) in [4.78, 5) is 24.1. The molecule has 0 bridgehead atoms. The minimum absolute atomic E-state index is 0.0491. The largest absolute Gasteiger partial charge is 0.481 e. The third-order valence-corrected chi connectivity index (χ3v) is 4.56. The van der Waals surface area contributed by atoms with Crippen molar-refractivity contribution < 1.29 is 32.6 Å². The molecule has 5 nitrogen and oxygen atoms in total. The molecule has 1 aromatic carbocycles. The standard InChI is InChI=1S/C18H22F3NO4/c1-3-15(23)22-6-4-12(5-7-22)13-8-11(2)17(26-10-16(24)25)14(9-13)18(19,20)21/h8-9,12H,3-7,10H2,1-2H3,(H,24,25). The molecule has 0 radical (unpaired) electrons. The fourth-order valence-electron chi connectivity index (χ4n) is 3.26. The van der Waals surface area contributed by atoms with Crippen LogP contribution in [0.2, 0.25) is 0 Å². The van der Waals surface area contributed by atoms with Gasteiger partial charge in [-0.05, 0) is 42.9 Å². The van der Waals surface area contributed by atoms with E-state index in [-0.39, 0.29) is 17.4 Å². The van der Waals surface area contributed by atoms with Crippen LogP contribution in [0.3, 0.4) is 0 Å². The molecule has 1 aliphatic heterocycles. The molecule has 26 heavy (non-hydrogen) atoms. The maximum Gasteiger partial charge on any atom is 0.419 e. The van der Waals surface area contributed by atoms with Crippen molar-refractivity contribution in [1.82, 2.24) is 4.90 Å². The molecule has 2 rings (SSSR count). The predicted molar refractivity (Wildman–Crippen MR) is 88.2 cm³/mol. The third-order valence-electron chi connectivity index (χ3n) is 4.56. The number of hydrogen-bond donors (Lipinski definition) is 1. The van der Waals surface area contributed by atoms with Crippen molar-refractivity contribution in [2.45, 2.75) is 45.2 Å². The van der Waals surface area contributed by atoms with Crippen LogP contribution in [-0.2, 0) is 15.8 Å². The van der Waals surface area contributed by atoms with Gasteiger partial charge >= 0.3 is 12.1 Å². The first kappa shape index (κ1) is 20.1. The predicted octanol–water partition coefficient (Wildman–Crippen LogP) is 3.59. The number of amides is 1. The van der Waals surface area contributed by atoms with Gasteiger partial charge in [-0.15, -0.1) is 0 Å². The first-order valence-electron chi connectivity index (χ1n) is 8.47. The lowest BCUT2D eigenvalue weighted by atomic mass is 9.87. The molecule has 1 aromatic rings. The highest BCUT2D eigenvalue weighted by atomic mass is 19.4. The molecular formula is C18H22F3NO4. The highest BCUT2D eigenvalue weighted by Crippen LogP contribution is 2.41. The Bertz CT molecular complexity index is 680. The fourth-order valence-corrected chi connectivity index (χ4v) is 3.26. The summed E-state index contributed by atoms with van der Waals surface area (Å²) in [5.41, 5.74) is -0.162. The van der Waals surface area contributed by atoms with Crippen LogP contribution in [0.15, 0.2) is 12.1 Å². The molecular weight excluding hydrogens is 351 g/mol. The van der Waals surface area contributed by atoms with E-state index in [4.69, 9.17) is 9.84 Å². The number of alkyl halides is 3. The van der Waals surface area contributed by atoms with Gasteiger partial charge in [0.15, 0.2) is 6.61 Å². The lowest BCUT2D eigenvalue weighted by molar-refractivity contribution is -0.143. The van der Waals surface area contributed by atoms with E-state index in [1.54, 1.807) is 17.9 Å². The number of halogens is 3. The minimum Gasteiger partial charge on any atom is -0.481 e. The Morgan fingerprint density at radius 1 is 1.27 bits per heavy atom. The molecule has 1 aliphatic rings. The number of carboxylic acid groups (broad SMARTS) is 1. The average molecular weight is 373 g/mol. The van der Waals surface area contributed by atoms with Gasteiger partial charge in [-0.25, -0.2) is 4.79 Å². The number of carbonyl (C=O) groups is 2. The van der Waals surface area contributed by atoms with E-state index in [9.17, 15) is 22.8 Å². The molecule has 0 aliphatic carbocycles. The molecule has 0 atom stereocenters. The second-order valence-electron chi connectivity index (χ2n) is 6.40. The lowest BCUT2D eigenvalue weighted by Gasteiger charge is -2.32. The van der Waals surface area contributed by atoms with Crippen molar-refractivity contribution in [2.75, 3.05) is 19.7 Å². The number of piperidine rings is 1. The summed E-state index contributed by atoms with van der Waals surface area (Å²) in [7, 11) is 0. The van der Waals surface area contributed by atoms with E-state index in [0.29, 0.717) is 37.9 Å². The Balaban J connectivity index is 2.27. The van der Waals surface area contributed by atoms with E-state index < -0.39 is 30.1 Å². The van der Waals surface area contributed by atoms with E-state index in [2.05, 4.69) is 0 Å². The molecule has 1 amide bonds. The molecule has 0 spiro atoms. The summed E-state index contributed by atoms with van der Waals surface area (Å²) in [6.45, 7) is 3.47. The molecule has 1 heterocycles. The summed E-state index contributed by atoms with van der Waals surface area (Å²) in [5.74, 6) is -1.81. The highest BCUT2D eigenvalue weighted by molar-refractivity contribution is 5.75. The average Bonchev–Trinajstić information content (AvgIpc) is 2.58. The number of aliphatic carboxylic acids is 1. The zero-order valence-corrected chi connectivity index (χ0v) is 14.7. The van der Waals surface area contributed by atoms with Crippen molar-refractivity contribution >= 4 is 11.9 Å². The summed E-state index contributed by atoms with van der Waals surface area (Å²) in [5, 5.41) is 8.67. The molecule has 144 valence electrons. The van der Waals surface area contributed by atoms with E-state index in [1.807, 2.05) is 0 Å². The summed E-state index contributed by atoms with van der Waals surface area (Å²) in [6.07, 6.45) is -3.04. The first-order chi connectivity index (χ1) is 12.1. The van der Waals surface area contributed by atoms with Gasteiger partial charge in [-0.3, -0.25) is 4.79 Å². The van der Waals surface area contributed by atoms with E-state index >= 15 is 0 Å². The van der Waals surface area contributed by atoms with Gasteiger partial charge in [-0.2, -0.15) is 13.2 Å². The number of aryl methyl sites for hydroxylation is 1. The number of rotatable bonds is 5. The van der Waals surface area contributed by atoms with Gasteiger partial charge in [-0.1, -0.05) is 13.0 Å². The second kappa shape index (κ2) is 7.97. The number of benzene rings is 1. The van der Waals surface area contributed by atoms with Crippen LogP contribution in [0.1, 0.15) is 48.8 Å². The second-order valence-corrected chi connectivity index (χ2v) is 6.40. The zero-order valence-electron chi connectivity index (χ0n) is 14.7. The number of nitrogens with zero attached hydrogens (tertiary/aromatic N) is 1. The fraction of sp³-hybridized carbons (Fsp3) is 0.556. The van der Waals surface area contributed by atoms with Crippen molar-refractivity contribution in [2.24, 2.45) is 0 Å². The van der Waals surface area contributed by atoms with Crippen LogP contribution < -0.4 is 4.74 Å². The molecule has 0 unspecified atom stereocenters. The normalized spacial score (nSPS) is 15.8. The smallest absolute Gasteiger partial charge is 0.419 e. The monoisotopic (exact) mass is 373 g/mol. The number of likely N-dealkylation sites (tertiary alicyclic amines) is 1. The third kappa shape index (κ3) is 4.68. The number of carbonyl (C=O) groups excluding carboxylic acids is 1.